The summed E-state index contributed by atoms with van der Waals surface area (Å²) in [6, 6.07) is 5.31. The minimum Gasteiger partial charge on any atom is -0.465 e. The summed E-state index contributed by atoms with van der Waals surface area (Å²) in [6.45, 7) is 0. The van der Waals surface area contributed by atoms with Crippen LogP contribution in [0.25, 0.3) is 22.4 Å². The van der Waals surface area contributed by atoms with E-state index < -0.39 is 5.97 Å². The third-order valence-electron chi connectivity index (χ3n) is 2.75. The fourth-order valence-electron chi connectivity index (χ4n) is 1.86. The lowest BCUT2D eigenvalue weighted by Gasteiger charge is -1.98. The van der Waals surface area contributed by atoms with Crippen molar-refractivity contribution in [3.8, 4) is 11.4 Å². The molecule has 0 radical (unpaired) electrons. The van der Waals surface area contributed by atoms with Crippen LogP contribution in [0.15, 0.2) is 36.9 Å². The highest BCUT2D eigenvalue weighted by Gasteiger charge is 2.14. The van der Waals surface area contributed by atoms with E-state index in [-0.39, 0.29) is 0 Å². The Hall–Kier alpha value is -2.76. The molecule has 0 fully saturated rings. The first kappa shape index (κ1) is 11.3. The van der Waals surface area contributed by atoms with Gasteiger partial charge in [-0.1, -0.05) is 6.07 Å². The Bertz CT molecular complexity index is 737. The van der Waals surface area contributed by atoms with Crippen LogP contribution in [0.1, 0.15) is 10.4 Å². The van der Waals surface area contributed by atoms with Crippen molar-refractivity contribution in [2.75, 3.05) is 7.11 Å². The molecule has 0 saturated heterocycles. The van der Waals surface area contributed by atoms with Crippen LogP contribution in [0.5, 0.6) is 0 Å². The Balaban J connectivity index is 2.19. The minimum atomic E-state index is -0.409. The number of carbonyl (C=O) groups excluding carboxylic acids is 1. The topological polar surface area (TPSA) is 80.8 Å². The number of para-hydroxylation sites is 1. The van der Waals surface area contributed by atoms with Gasteiger partial charge in [0.2, 0.25) is 0 Å². The lowest BCUT2D eigenvalue weighted by molar-refractivity contribution is 0.0603. The van der Waals surface area contributed by atoms with Crippen LogP contribution >= 0.6 is 0 Å². The van der Waals surface area contributed by atoms with E-state index in [1.165, 1.54) is 13.4 Å². The van der Waals surface area contributed by atoms with Crippen molar-refractivity contribution in [1.29, 1.82) is 0 Å². The summed E-state index contributed by atoms with van der Waals surface area (Å²) in [5, 5.41) is 0. The number of nitrogens with zero attached hydrogens (tertiary/aromatic N) is 3. The van der Waals surface area contributed by atoms with E-state index in [1.54, 1.807) is 24.5 Å². The highest BCUT2D eigenvalue weighted by Crippen LogP contribution is 2.22. The molecule has 0 saturated carbocycles. The smallest absolute Gasteiger partial charge is 0.340 e. The third-order valence-corrected chi connectivity index (χ3v) is 2.75. The van der Waals surface area contributed by atoms with Gasteiger partial charge >= 0.3 is 5.97 Å². The standard InChI is InChI=1S/C13H10N4O2/c1-19-13(18)9-3-2-4-10-11(9)17-12(16-10)8-5-14-7-15-6-8/h2-7H,1H3,(H,16,17). The number of benzene rings is 1. The number of fused-ring (bicyclic) bond motifs is 1. The van der Waals surface area contributed by atoms with E-state index in [1.807, 2.05) is 6.07 Å². The molecule has 0 aliphatic heterocycles. The molecule has 2 heterocycles. The summed E-state index contributed by atoms with van der Waals surface area (Å²) in [7, 11) is 1.35. The van der Waals surface area contributed by atoms with Crippen molar-refractivity contribution >= 4 is 17.0 Å². The lowest BCUT2D eigenvalue weighted by atomic mass is 10.2. The predicted octanol–water partition coefficient (Wildman–Crippen LogP) is 1.81. The van der Waals surface area contributed by atoms with Gasteiger partial charge in [0.15, 0.2) is 0 Å². The summed E-state index contributed by atoms with van der Waals surface area (Å²) < 4.78 is 4.74. The molecule has 2 aromatic heterocycles. The van der Waals surface area contributed by atoms with Crippen LogP contribution in [-0.4, -0.2) is 33.0 Å². The molecule has 6 heteroatoms. The molecule has 1 aromatic carbocycles. The monoisotopic (exact) mass is 254 g/mol. The van der Waals surface area contributed by atoms with Crippen LogP contribution in [0, 0.1) is 0 Å². The zero-order valence-corrected chi connectivity index (χ0v) is 10.1. The molecular formula is C13H10N4O2. The maximum atomic E-state index is 11.7. The number of aromatic nitrogens is 4. The van der Waals surface area contributed by atoms with Gasteiger partial charge in [-0.3, -0.25) is 0 Å². The number of carbonyl (C=O) groups is 1. The second-order valence-electron chi connectivity index (χ2n) is 3.91. The van der Waals surface area contributed by atoms with Gasteiger partial charge in [-0.2, -0.15) is 0 Å². The fraction of sp³-hybridized carbons (Fsp3) is 0.0769. The van der Waals surface area contributed by atoms with E-state index in [9.17, 15) is 4.79 Å². The van der Waals surface area contributed by atoms with Gasteiger partial charge in [-0.25, -0.2) is 19.7 Å². The van der Waals surface area contributed by atoms with E-state index in [0.717, 1.165) is 11.1 Å². The van der Waals surface area contributed by atoms with Gasteiger partial charge in [-0.15, -0.1) is 0 Å². The number of H-pyrrole nitrogens is 1. The van der Waals surface area contributed by atoms with Crippen molar-refractivity contribution in [3.05, 3.63) is 42.5 Å². The average Bonchev–Trinajstić information content (AvgIpc) is 2.91. The first-order valence-electron chi connectivity index (χ1n) is 5.62. The minimum absolute atomic E-state index is 0.409. The first-order valence-corrected chi connectivity index (χ1v) is 5.62. The summed E-state index contributed by atoms with van der Waals surface area (Å²) >= 11 is 0. The summed E-state index contributed by atoms with van der Waals surface area (Å²) in [5.74, 6) is 0.208. The molecule has 3 rings (SSSR count). The van der Waals surface area contributed by atoms with Crippen molar-refractivity contribution < 1.29 is 9.53 Å². The maximum absolute atomic E-state index is 11.7. The van der Waals surface area contributed by atoms with Crippen LogP contribution in [0.2, 0.25) is 0 Å². The predicted molar refractivity (Wildman–Crippen MR) is 68.5 cm³/mol. The Morgan fingerprint density at radius 3 is 2.79 bits per heavy atom. The zero-order chi connectivity index (χ0) is 13.2. The van der Waals surface area contributed by atoms with Gasteiger partial charge in [0.1, 0.15) is 17.7 Å². The Morgan fingerprint density at radius 1 is 1.26 bits per heavy atom. The van der Waals surface area contributed by atoms with Crippen LogP contribution in [0.4, 0.5) is 0 Å². The molecule has 0 amide bonds. The number of hydrogen-bond acceptors (Lipinski definition) is 5. The van der Waals surface area contributed by atoms with Gasteiger partial charge in [0.05, 0.1) is 23.8 Å². The van der Waals surface area contributed by atoms with Gasteiger partial charge < -0.3 is 9.72 Å². The number of rotatable bonds is 2. The number of methoxy groups -OCH3 is 1. The second-order valence-corrected chi connectivity index (χ2v) is 3.91. The molecule has 1 N–H and O–H groups in total. The molecule has 0 aliphatic rings. The summed E-state index contributed by atoms with van der Waals surface area (Å²) in [5.41, 5.74) is 2.53. The Labute approximate surface area is 108 Å². The molecule has 94 valence electrons. The highest BCUT2D eigenvalue weighted by atomic mass is 16.5. The number of aromatic amines is 1. The molecule has 6 nitrogen and oxygen atoms in total. The number of hydrogen-bond donors (Lipinski definition) is 1. The Kier molecular flexibility index (Phi) is 2.68. The van der Waals surface area contributed by atoms with Crippen molar-refractivity contribution in [3.63, 3.8) is 0 Å². The quantitative estimate of drug-likeness (QED) is 0.705. The molecule has 0 aliphatic carbocycles. The molecule has 0 unspecified atom stereocenters. The van der Waals surface area contributed by atoms with Crippen molar-refractivity contribution in [1.82, 2.24) is 19.9 Å². The van der Waals surface area contributed by atoms with Crippen LogP contribution in [0.3, 0.4) is 0 Å². The SMILES string of the molecule is COC(=O)c1cccc2[nH]c(-c3cncnc3)nc12. The molecule has 0 bridgehead atoms. The third kappa shape index (κ3) is 1.93. The number of ether oxygens (including phenoxy) is 1. The van der Waals surface area contributed by atoms with Gasteiger partial charge in [0, 0.05) is 12.4 Å². The zero-order valence-electron chi connectivity index (χ0n) is 10.1. The van der Waals surface area contributed by atoms with E-state index in [0.29, 0.717) is 16.9 Å². The fourth-order valence-corrected chi connectivity index (χ4v) is 1.86. The normalized spacial score (nSPS) is 10.6. The van der Waals surface area contributed by atoms with E-state index in [2.05, 4.69) is 19.9 Å². The molecule has 19 heavy (non-hydrogen) atoms. The van der Waals surface area contributed by atoms with Crippen molar-refractivity contribution in [2.24, 2.45) is 0 Å². The Morgan fingerprint density at radius 2 is 2.05 bits per heavy atom. The first-order chi connectivity index (χ1) is 9.29. The van der Waals surface area contributed by atoms with Gasteiger partial charge in [0.25, 0.3) is 0 Å². The maximum Gasteiger partial charge on any atom is 0.340 e. The van der Waals surface area contributed by atoms with E-state index in [4.69, 9.17) is 4.74 Å². The number of imidazole rings is 1. The summed E-state index contributed by atoms with van der Waals surface area (Å²) in [4.78, 5) is 27.1. The second kappa shape index (κ2) is 4.49. The van der Waals surface area contributed by atoms with Gasteiger partial charge in [-0.05, 0) is 12.1 Å². The number of nitrogens with one attached hydrogen (secondary N) is 1. The largest absolute Gasteiger partial charge is 0.465 e. The number of esters is 1. The van der Waals surface area contributed by atoms with Crippen LogP contribution < -0.4 is 0 Å². The van der Waals surface area contributed by atoms with Crippen molar-refractivity contribution in [2.45, 2.75) is 0 Å². The lowest BCUT2D eigenvalue weighted by Crippen LogP contribution is -2.01. The highest BCUT2D eigenvalue weighted by molar-refractivity contribution is 6.02. The molecule has 0 atom stereocenters. The van der Waals surface area contributed by atoms with E-state index >= 15 is 0 Å². The molecule has 3 aromatic rings. The van der Waals surface area contributed by atoms with Crippen LogP contribution in [-0.2, 0) is 4.74 Å². The average molecular weight is 254 g/mol. The molecule has 0 spiro atoms. The summed E-state index contributed by atoms with van der Waals surface area (Å²) in [6.07, 6.45) is 4.76. The molecular weight excluding hydrogens is 244 g/mol.